The molecule has 0 spiro atoms. The number of fused-ring (bicyclic) bond motifs is 1. The van der Waals surface area contributed by atoms with E-state index in [2.05, 4.69) is 56.0 Å². The molecule has 186 valence electrons. The predicted octanol–water partition coefficient (Wildman–Crippen LogP) is 4.49. The molecule has 0 aliphatic heterocycles. The normalized spacial score (nSPS) is 15.5. The van der Waals surface area contributed by atoms with E-state index in [1.54, 1.807) is 0 Å². The lowest BCUT2D eigenvalue weighted by molar-refractivity contribution is -0.138. The fourth-order valence-electron chi connectivity index (χ4n) is 3.05. The number of hydrogen-bond donors (Lipinski definition) is 0. The molecule has 4 rings (SSSR count). The first-order valence-electron chi connectivity index (χ1n) is 10.3. The second-order valence-corrected chi connectivity index (χ2v) is 18.5. The molecule has 1 aliphatic carbocycles. The monoisotopic (exact) mass is 598 g/mol. The first kappa shape index (κ1) is 25.6. The highest BCUT2D eigenvalue weighted by molar-refractivity contribution is 9.10. The highest BCUT2D eigenvalue weighted by Gasteiger charge is 2.39. The summed E-state index contributed by atoms with van der Waals surface area (Å²) in [6, 6.07) is 2.17. The summed E-state index contributed by atoms with van der Waals surface area (Å²) in [6.07, 6.45) is -1.88. The lowest BCUT2D eigenvalue weighted by Gasteiger charge is -2.23. The van der Waals surface area contributed by atoms with Crippen LogP contribution < -0.4 is 0 Å². The van der Waals surface area contributed by atoms with Gasteiger partial charge in [0.1, 0.15) is 11.6 Å². The van der Waals surface area contributed by atoms with Crippen molar-refractivity contribution >= 4 is 51.0 Å². The summed E-state index contributed by atoms with van der Waals surface area (Å²) >= 11 is 3.61. The Labute approximate surface area is 207 Å². The van der Waals surface area contributed by atoms with Crippen molar-refractivity contribution in [3.05, 3.63) is 21.7 Å². The summed E-state index contributed by atoms with van der Waals surface area (Å²) in [5.74, 6) is -0.0369. The number of aromatic nitrogens is 5. The van der Waals surface area contributed by atoms with Gasteiger partial charge in [0, 0.05) is 26.9 Å². The molecule has 9 nitrogen and oxygen atoms in total. The standard InChI is InChI=1S/C18H22BrF3N6O3S2Si/c1-34(2,3)7-6-31-10-28(11-4-5-11)33(29,30)12-8-13(19)14-23-24-15(27(14)9-12)16-25-26-17(32-16)18(20,21)22/h8-9,11H,4-7,10H2,1-3H3. The van der Waals surface area contributed by atoms with Gasteiger partial charge in [0.25, 0.3) is 0 Å². The van der Waals surface area contributed by atoms with E-state index in [-0.39, 0.29) is 34.1 Å². The topological polar surface area (TPSA) is 103 Å². The zero-order valence-corrected chi connectivity index (χ0v) is 22.7. The van der Waals surface area contributed by atoms with Crippen LogP contribution in [-0.2, 0) is 20.9 Å². The summed E-state index contributed by atoms with van der Waals surface area (Å²) in [7, 11) is -5.29. The van der Waals surface area contributed by atoms with Crippen LogP contribution in [0.2, 0.25) is 25.7 Å². The van der Waals surface area contributed by atoms with Gasteiger partial charge in [-0.2, -0.15) is 17.5 Å². The highest BCUT2D eigenvalue weighted by atomic mass is 79.9. The van der Waals surface area contributed by atoms with Gasteiger partial charge in [0.05, 0.1) is 4.47 Å². The Balaban J connectivity index is 1.66. The van der Waals surface area contributed by atoms with Crippen molar-refractivity contribution < 1.29 is 26.3 Å². The van der Waals surface area contributed by atoms with Crippen LogP contribution in [-0.4, -0.2) is 65.0 Å². The fraction of sp³-hybridized carbons (Fsp3) is 0.556. The van der Waals surface area contributed by atoms with Crippen molar-refractivity contribution in [2.75, 3.05) is 13.3 Å². The maximum absolute atomic E-state index is 13.5. The largest absolute Gasteiger partial charge is 0.445 e. The van der Waals surface area contributed by atoms with E-state index in [0.717, 1.165) is 18.9 Å². The Kier molecular flexibility index (Phi) is 6.93. The smallest absolute Gasteiger partial charge is 0.365 e. The summed E-state index contributed by atoms with van der Waals surface area (Å²) < 4.78 is 74.6. The average molecular weight is 600 g/mol. The third-order valence-corrected chi connectivity index (χ3v) is 10.2. The van der Waals surface area contributed by atoms with Crippen molar-refractivity contribution in [3.8, 4) is 10.8 Å². The molecule has 3 aromatic rings. The van der Waals surface area contributed by atoms with Crippen LogP contribution >= 0.6 is 27.3 Å². The van der Waals surface area contributed by atoms with E-state index in [1.807, 2.05) is 0 Å². The van der Waals surface area contributed by atoms with Gasteiger partial charge in [-0.3, -0.25) is 4.40 Å². The molecule has 0 amide bonds. The Bertz CT molecular complexity index is 1300. The Hall–Kier alpha value is -1.46. The Morgan fingerprint density at radius 3 is 2.53 bits per heavy atom. The summed E-state index contributed by atoms with van der Waals surface area (Å²) in [4.78, 5) is -0.0609. The average Bonchev–Trinajstić information content (AvgIpc) is 3.24. The number of pyridine rings is 1. The zero-order valence-electron chi connectivity index (χ0n) is 18.5. The molecule has 1 saturated carbocycles. The minimum atomic E-state index is -4.65. The van der Waals surface area contributed by atoms with E-state index >= 15 is 0 Å². The molecule has 1 aliphatic rings. The van der Waals surface area contributed by atoms with Crippen LogP contribution in [0.25, 0.3) is 16.5 Å². The molecule has 16 heteroatoms. The molecule has 1 fully saturated rings. The molecule has 0 N–H and O–H groups in total. The minimum absolute atomic E-state index is 0.0369. The number of hydrogen-bond acceptors (Lipinski definition) is 8. The Morgan fingerprint density at radius 2 is 1.94 bits per heavy atom. The molecule has 0 unspecified atom stereocenters. The van der Waals surface area contributed by atoms with Gasteiger partial charge in [-0.05, 0) is 40.9 Å². The van der Waals surface area contributed by atoms with Crippen molar-refractivity contribution in [2.45, 2.75) is 55.6 Å². The third kappa shape index (κ3) is 5.51. The lowest BCUT2D eigenvalue weighted by atomic mass is 10.4. The molecule has 3 heterocycles. The van der Waals surface area contributed by atoms with E-state index in [0.29, 0.717) is 22.4 Å². The Morgan fingerprint density at radius 1 is 1.24 bits per heavy atom. The second-order valence-electron chi connectivity index (χ2n) is 9.12. The maximum Gasteiger partial charge on any atom is 0.445 e. The quantitative estimate of drug-likeness (QED) is 0.203. The van der Waals surface area contributed by atoms with Crippen LogP contribution in [0.15, 0.2) is 21.6 Å². The molecule has 0 saturated heterocycles. The lowest BCUT2D eigenvalue weighted by Crippen LogP contribution is -2.36. The van der Waals surface area contributed by atoms with Gasteiger partial charge in [0.15, 0.2) is 16.5 Å². The molecule has 0 aromatic carbocycles. The number of sulfonamides is 1. The van der Waals surface area contributed by atoms with E-state index in [9.17, 15) is 21.6 Å². The number of nitrogens with zero attached hydrogens (tertiary/aromatic N) is 6. The first-order valence-corrected chi connectivity index (χ1v) is 17.1. The second kappa shape index (κ2) is 9.20. The van der Waals surface area contributed by atoms with E-state index in [1.165, 1.54) is 21.0 Å². The van der Waals surface area contributed by atoms with Crippen molar-refractivity contribution in [3.63, 3.8) is 0 Å². The summed E-state index contributed by atoms with van der Waals surface area (Å²) in [5.41, 5.74) is 0.238. The van der Waals surface area contributed by atoms with Gasteiger partial charge >= 0.3 is 6.18 Å². The number of alkyl halides is 3. The van der Waals surface area contributed by atoms with Crippen molar-refractivity contribution in [1.82, 2.24) is 29.1 Å². The van der Waals surface area contributed by atoms with Gasteiger partial charge in [-0.15, -0.1) is 20.4 Å². The molecule has 0 atom stereocenters. The number of rotatable bonds is 9. The van der Waals surface area contributed by atoms with Crippen LogP contribution in [0.1, 0.15) is 17.8 Å². The summed E-state index contributed by atoms with van der Waals surface area (Å²) in [6.45, 7) is 7.06. The van der Waals surface area contributed by atoms with Crippen molar-refractivity contribution in [2.24, 2.45) is 0 Å². The summed E-state index contributed by atoms with van der Waals surface area (Å²) in [5, 5.41) is 13.4. The minimum Gasteiger partial charge on any atom is -0.365 e. The number of ether oxygens (including phenoxy) is 1. The molecule has 0 radical (unpaired) electrons. The molecule has 0 bridgehead atoms. The van der Waals surface area contributed by atoms with Crippen LogP contribution in [0.5, 0.6) is 0 Å². The van der Waals surface area contributed by atoms with Crippen molar-refractivity contribution in [1.29, 1.82) is 0 Å². The molecule has 3 aromatic heterocycles. The fourth-order valence-corrected chi connectivity index (χ4v) is 6.76. The van der Waals surface area contributed by atoms with Gasteiger partial charge < -0.3 is 4.74 Å². The van der Waals surface area contributed by atoms with Crippen LogP contribution in [0, 0.1) is 0 Å². The number of halogens is 4. The SMILES string of the molecule is C[Si](C)(C)CCOCN(C1CC1)S(=O)(=O)c1cc(Br)c2nnc(-c3nnc(C(F)(F)F)s3)n2c1. The maximum atomic E-state index is 13.5. The zero-order chi connectivity index (χ0) is 24.9. The third-order valence-electron chi connectivity index (χ3n) is 5.07. The predicted molar refractivity (Wildman–Crippen MR) is 126 cm³/mol. The van der Waals surface area contributed by atoms with E-state index < -0.39 is 29.3 Å². The van der Waals surface area contributed by atoms with Gasteiger partial charge in [-0.1, -0.05) is 31.0 Å². The van der Waals surface area contributed by atoms with Crippen LogP contribution in [0.3, 0.4) is 0 Å². The van der Waals surface area contributed by atoms with Crippen LogP contribution in [0.4, 0.5) is 13.2 Å². The van der Waals surface area contributed by atoms with Gasteiger partial charge in [-0.25, -0.2) is 8.42 Å². The van der Waals surface area contributed by atoms with Gasteiger partial charge in [0.2, 0.25) is 15.0 Å². The molecule has 34 heavy (non-hydrogen) atoms. The molecular formula is C18H22BrF3N6O3S2Si. The highest BCUT2D eigenvalue weighted by Crippen LogP contribution is 2.36. The first-order chi connectivity index (χ1) is 15.8. The van der Waals surface area contributed by atoms with E-state index in [4.69, 9.17) is 4.74 Å². The molecular weight excluding hydrogens is 577 g/mol.